The van der Waals surface area contributed by atoms with Crippen molar-refractivity contribution >= 4 is 5.91 Å². The highest BCUT2D eigenvalue weighted by molar-refractivity contribution is 5.97. The van der Waals surface area contributed by atoms with Gasteiger partial charge in [-0.1, -0.05) is 30.3 Å². The van der Waals surface area contributed by atoms with Gasteiger partial charge in [-0.3, -0.25) is 9.69 Å². The van der Waals surface area contributed by atoms with E-state index < -0.39 is 0 Å². The lowest BCUT2D eigenvalue weighted by molar-refractivity contribution is 0.0617. The second-order valence-electron chi connectivity index (χ2n) is 6.00. The maximum atomic E-state index is 12.7. The van der Waals surface area contributed by atoms with Crippen molar-refractivity contribution in [3.8, 4) is 11.5 Å². The van der Waals surface area contributed by atoms with Crippen LogP contribution in [0.2, 0.25) is 0 Å². The average molecular weight is 340 g/mol. The molecule has 1 aliphatic rings. The highest BCUT2D eigenvalue weighted by Crippen LogP contribution is 2.20. The molecule has 0 aromatic heterocycles. The van der Waals surface area contributed by atoms with Crippen LogP contribution in [0.5, 0.6) is 11.5 Å². The molecule has 1 saturated heterocycles. The number of rotatable bonds is 6. The van der Waals surface area contributed by atoms with E-state index in [-0.39, 0.29) is 5.91 Å². The highest BCUT2D eigenvalue weighted by atomic mass is 16.5. The first-order valence-electron chi connectivity index (χ1n) is 8.60. The van der Waals surface area contributed by atoms with Crippen molar-refractivity contribution in [3.05, 3.63) is 60.2 Å². The van der Waals surface area contributed by atoms with E-state index in [9.17, 15) is 4.79 Å². The molecule has 3 rings (SSSR count). The fourth-order valence-corrected chi connectivity index (χ4v) is 2.98. The SMILES string of the molecule is COc1ccccc1C(=O)N1CCN(CCOc2ccccc2)CC1. The Bertz CT molecular complexity index is 682. The quantitative estimate of drug-likeness (QED) is 0.810. The van der Waals surface area contributed by atoms with E-state index in [0.29, 0.717) is 17.9 Å². The van der Waals surface area contributed by atoms with E-state index in [2.05, 4.69) is 4.90 Å². The molecule has 1 amide bonds. The fraction of sp³-hybridized carbons (Fsp3) is 0.350. The molecular formula is C20H24N2O3. The van der Waals surface area contributed by atoms with E-state index >= 15 is 0 Å². The molecule has 0 spiro atoms. The normalized spacial score (nSPS) is 15.0. The van der Waals surface area contributed by atoms with Gasteiger partial charge in [-0.25, -0.2) is 0 Å². The van der Waals surface area contributed by atoms with E-state index in [0.717, 1.165) is 38.5 Å². The van der Waals surface area contributed by atoms with E-state index in [1.54, 1.807) is 7.11 Å². The number of para-hydroxylation sites is 2. The zero-order valence-electron chi connectivity index (χ0n) is 14.6. The van der Waals surface area contributed by atoms with E-state index in [4.69, 9.17) is 9.47 Å². The number of carbonyl (C=O) groups excluding carboxylic acids is 1. The standard InChI is InChI=1S/C20H24N2O3/c1-24-19-10-6-5-9-18(19)20(23)22-13-11-21(12-14-22)15-16-25-17-7-3-2-4-8-17/h2-10H,11-16H2,1H3. The number of piperazine rings is 1. The Hall–Kier alpha value is -2.53. The minimum absolute atomic E-state index is 0.0395. The average Bonchev–Trinajstić information content (AvgIpc) is 2.69. The van der Waals surface area contributed by atoms with Crippen molar-refractivity contribution in [2.75, 3.05) is 46.4 Å². The van der Waals surface area contributed by atoms with Gasteiger partial charge in [0.25, 0.3) is 5.91 Å². The van der Waals surface area contributed by atoms with Crippen LogP contribution >= 0.6 is 0 Å². The first kappa shape index (κ1) is 17.3. The highest BCUT2D eigenvalue weighted by Gasteiger charge is 2.23. The Labute approximate surface area is 148 Å². The summed E-state index contributed by atoms with van der Waals surface area (Å²) in [5.74, 6) is 1.57. The number of hydrogen-bond donors (Lipinski definition) is 0. The molecule has 1 heterocycles. The Balaban J connectivity index is 1.46. The zero-order chi connectivity index (χ0) is 17.5. The van der Waals surface area contributed by atoms with Crippen molar-refractivity contribution in [1.82, 2.24) is 9.80 Å². The van der Waals surface area contributed by atoms with Gasteiger partial charge in [0.05, 0.1) is 12.7 Å². The van der Waals surface area contributed by atoms with Gasteiger partial charge in [0.2, 0.25) is 0 Å². The molecule has 132 valence electrons. The molecule has 0 atom stereocenters. The molecule has 2 aromatic rings. The third kappa shape index (κ3) is 4.51. The number of carbonyl (C=O) groups is 1. The van der Waals surface area contributed by atoms with Crippen molar-refractivity contribution in [1.29, 1.82) is 0 Å². The van der Waals surface area contributed by atoms with Gasteiger partial charge in [-0.2, -0.15) is 0 Å². The molecule has 0 N–H and O–H groups in total. The number of ether oxygens (including phenoxy) is 2. The summed E-state index contributed by atoms with van der Waals surface area (Å²) in [6.07, 6.45) is 0. The molecule has 0 bridgehead atoms. The molecule has 2 aromatic carbocycles. The molecule has 0 radical (unpaired) electrons. The van der Waals surface area contributed by atoms with Gasteiger partial charge in [-0.15, -0.1) is 0 Å². The molecule has 0 aliphatic carbocycles. The van der Waals surface area contributed by atoms with Crippen LogP contribution in [0.15, 0.2) is 54.6 Å². The lowest BCUT2D eigenvalue weighted by Gasteiger charge is -2.34. The van der Waals surface area contributed by atoms with Crippen molar-refractivity contribution in [2.24, 2.45) is 0 Å². The number of methoxy groups -OCH3 is 1. The number of benzene rings is 2. The van der Waals surface area contributed by atoms with Crippen molar-refractivity contribution < 1.29 is 14.3 Å². The molecular weight excluding hydrogens is 316 g/mol. The van der Waals surface area contributed by atoms with Gasteiger partial charge in [-0.05, 0) is 24.3 Å². The Kier molecular flexibility index (Phi) is 5.90. The Morgan fingerprint density at radius 3 is 2.36 bits per heavy atom. The fourth-order valence-electron chi connectivity index (χ4n) is 2.98. The van der Waals surface area contributed by atoms with Crippen molar-refractivity contribution in [2.45, 2.75) is 0 Å². The second kappa shape index (κ2) is 8.53. The summed E-state index contributed by atoms with van der Waals surface area (Å²) < 4.78 is 11.0. The smallest absolute Gasteiger partial charge is 0.257 e. The molecule has 0 unspecified atom stereocenters. The van der Waals surface area contributed by atoms with Gasteiger partial charge in [0.1, 0.15) is 18.1 Å². The number of hydrogen-bond acceptors (Lipinski definition) is 4. The largest absolute Gasteiger partial charge is 0.496 e. The number of nitrogens with zero attached hydrogens (tertiary/aromatic N) is 2. The third-order valence-electron chi connectivity index (χ3n) is 4.42. The van der Waals surface area contributed by atoms with Gasteiger partial charge >= 0.3 is 0 Å². The predicted molar refractivity (Wildman–Crippen MR) is 97.3 cm³/mol. The first-order valence-corrected chi connectivity index (χ1v) is 8.60. The molecule has 5 heteroatoms. The van der Waals surface area contributed by atoms with Crippen LogP contribution in [-0.2, 0) is 0 Å². The van der Waals surface area contributed by atoms with Crippen LogP contribution in [0.25, 0.3) is 0 Å². The topological polar surface area (TPSA) is 42.0 Å². The Morgan fingerprint density at radius 1 is 0.960 bits per heavy atom. The Morgan fingerprint density at radius 2 is 1.64 bits per heavy atom. The van der Waals surface area contributed by atoms with E-state index in [1.807, 2.05) is 59.5 Å². The first-order chi connectivity index (χ1) is 12.3. The maximum absolute atomic E-state index is 12.7. The minimum atomic E-state index is 0.0395. The van der Waals surface area contributed by atoms with Crippen LogP contribution < -0.4 is 9.47 Å². The minimum Gasteiger partial charge on any atom is -0.496 e. The van der Waals surface area contributed by atoms with Crippen LogP contribution in [0.1, 0.15) is 10.4 Å². The van der Waals surface area contributed by atoms with Gasteiger partial charge in [0, 0.05) is 32.7 Å². The van der Waals surface area contributed by atoms with Crippen LogP contribution in [0.3, 0.4) is 0 Å². The van der Waals surface area contributed by atoms with Crippen LogP contribution in [0.4, 0.5) is 0 Å². The van der Waals surface area contributed by atoms with Gasteiger partial charge in [0.15, 0.2) is 0 Å². The summed E-state index contributed by atoms with van der Waals surface area (Å²) in [5, 5.41) is 0. The van der Waals surface area contributed by atoms with Gasteiger partial charge < -0.3 is 14.4 Å². The summed E-state index contributed by atoms with van der Waals surface area (Å²) >= 11 is 0. The molecule has 0 saturated carbocycles. The second-order valence-corrected chi connectivity index (χ2v) is 6.00. The van der Waals surface area contributed by atoms with E-state index in [1.165, 1.54) is 0 Å². The summed E-state index contributed by atoms with van der Waals surface area (Å²) in [6.45, 7) is 4.69. The maximum Gasteiger partial charge on any atom is 0.257 e. The number of amides is 1. The molecule has 25 heavy (non-hydrogen) atoms. The summed E-state index contributed by atoms with van der Waals surface area (Å²) in [6, 6.07) is 17.2. The predicted octanol–water partition coefficient (Wildman–Crippen LogP) is 2.53. The van der Waals surface area contributed by atoms with Crippen LogP contribution in [0, 0.1) is 0 Å². The zero-order valence-corrected chi connectivity index (χ0v) is 14.6. The summed E-state index contributed by atoms with van der Waals surface area (Å²) in [4.78, 5) is 16.9. The van der Waals surface area contributed by atoms with Crippen molar-refractivity contribution in [3.63, 3.8) is 0 Å². The monoisotopic (exact) mass is 340 g/mol. The lowest BCUT2D eigenvalue weighted by Crippen LogP contribution is -2.49. The van der Waals surface area contributed by atoms with Crippen LogP contribution in [-0.4, -0.2) is 62.1 Å². The molecule has 1 aliphatic heterocycles. The molecule has 5 nitrogen and oxygen atoms in total. The summed E-state index contributed by atoms with van der Waals surface area (Å²) in [7, 11) is 1.59. The third-order valence-corrected chi connectivity index (χ3v) is 4.42. The lowest BCUT2D eigenvalue weighted by atomic mass is 10.1. The molecule has 1 fully saturated rings. The summed E-state index contributed by atoms with van der Waals surface area (Å²) in [5.41, 5.74) is 0.630.